The van der Waals surface area contributed by atoms with Crippen molar-refractivity contribution in [2.45, 2.75) is 37.8 Å². The fourth-order valence-corrected chi connectivity index (χ4v) is 4.64. The van der Waals surface area contributed by atoms with E-state index in [2.05, 4.69) is 0 Å². The molecule has 0 bridgehead atoms. The minimum atomic E-state index is -0.733. The third-order valence-electron chi connectivity index (χ3n) is 2.74. The van der Waals surface area contributed by atoms with Gasteiger partial charge in [0.25, 0.3) is 0 Å². The van der Waals surface area contributed by atoms with Crippen molar-refractivity contribution >= 4 is 19.2 Å². The lowest BCUT2D eigenvalue weighted by molar-refractivity contribution is 0.185. The van der Waals surface area contributed by atoms with Gasteiger partial charge >= 0.3 is 0 Å². The zero-order valence-corrected chi connectivity index (χ0v) is 9.80. The molecule has 1 rings (SSSR count). The molecule has 1 aliphatic heterocycles. The number of ether oxygens (including phenoxy) is 1. The third kappa shape index (κ3) is 3.92. The average Bonchev–Trinajstić information content (AvgIpc) is 2.09. The van der Waals surface area contributed by atoms with Crippen LogP contribution in [-0.4, -0.2) is 21.8 Å². The topological polar surface area (TPSA) is 9.23 Å². The van der Waals surface area contributed by atoms with Gasteiger partial charge in [-0.3, -0.25) is 0 Å². The van der Waals surface area contributed by atoms with E-state index in [1.807, 2.05) is 0 Å². The van der Waals surface area contributed by atoms with Gasteiger partial charge in [-0.25, -0.2) is 0 Å². The lowest BCUT2D eigenvalue weighted by atomic mass is 9.97. The van der Waals surface area contributed by atoms with Crippen molar-refractivity contribution in [3.05, 3.63) is 0 Å². The van der Waals surface area contributed by atoms with E-state index < -0.39 is 8.11 Å². The van der Waals surface area contributed by atoms with Gasteiger partial charge < -0.3 is 4.74 Å². The Morgan fingerprint density at radius 2 is 2.08 bits per heavy atom. The molecule has 3 heteroatoms. The summed E-state index contributed by atoms with van der Waals surface area (Å²) in [5.41, 5.74) is 0. The summed E-state index contributed by atoms with van der Waals surface area (Å²) in [6.45, 7) is 0.929. The highest BCUT2D eigenvalue weighted by Crippen LogP contribution is 2.29. The van der Waals surface area contributed by atoms with Gasteiger partial charge in [-0.1, -0.05) is 12.8 Å². The molecule has 0 radical (unpaired) electrons. The molecule has 0 aromatic heterocycles. The molecule has 1 heterocycles. The Balaban J connectivity index is 2.01. The Morgan fingerprint density at radius 1 is 1.42 bits per heavy atom. The standard InChI is InChI=1S/C9H19ClOSi/c1-11-6-2-3-9-4-7-12(10)8-5-9/h9,12H,2-8H2,1H3. The molecular weight excluding hydrogens is 188 g/mol. The smallest absolute Gasteiger partial charge is 0.141 e. The second-order valence-electron chi connectivity index (χ2n) is 3.75. The van der Waals surface area contributed by atoms with E-state index in [1.165, 1.54) is 37.8 Å². The van der Waals surface area contributed by atoms with Gasteiger partial charge in [0.05, 0.1) is 0 Å². The molecule has 0 aromatic carbocycles. The fraction of sp³-hybridized carbons (Fsp3) is 1.00. The van der Waals surface area contributed by atoms with Crippen LogP contribution in [0.25, 0.3) is 0 Å². The molecule has 0 saturated carbocycles. The maximum absolute atomic E-state index is 6.16. The number of rotatable bonds is 4. The lowest BCUT2D eigenvalue weighted by Gasteiger charge is -2.23. The second-order valence-corrected chi connectivity index (χ2v) is 7.95. The molecule has 0 atom stereocenters. The molecule has 1 nitrogen and oxygen atoms in total. The van der Waals surface area contributed by atoms with Crippen LogP contribution in [0, 0.1) is 5.92 Å². The fourth-order valence-electron chi connectivity index (χ4n) is 1.93. The van der Waals surface area contributed by atoms with Crippen molar-refractivity contribution in [2.75, 3.05) is 13.7 Å². The zero-order chi connectivity index (χ0) is 8.81. The van der Waals surface area contributed by atoms with Gasteiger partial charge in [-0.15, -0.1) is 0 Å². The molecule has 0 aromatic rings. The number of hydrogen-bond acceptors (Lipinski definition) is 1. The van der Waals surface area contributed by atoms with E-state index in [0.717, 1.165) is 12.5 Å². The van der Waals surface area contributed by atoms with Crippen LogP contribution >= 0.6 is 11.1 Å². The van der Waals surface area contributed by atoms with Gasteiger partial charge in [0.1, 0.15) is 8.11 Å². The van der Waals surface area contributed by atoms with Crippen LogP contribution in [0.2, 0.25) is 12.1 Å². The average molecular weight is 207 g/mol. The molecular formula is C9H19ClOSi. The van der Waals surface area contributed by atoms with Crippen molar-refractivity contribution in [1.29, 1.82) is 0 Å². The van der Waals surface area contributed by atoms with Crippen molar-refractivity contribution in [3.63, 3.8) is 0 Å². The first-order valence-electron chi connectivity index (χ1n) is 4.96. The Kier molecular flexibility index (Phi) is 5.28. The van der Waals surface area contributed by atoms with Crippen LogP contribution in [0.3, 0.4) is 0 Å². The summed E-state index contributed by atoms with van der Waals surface area (Å²) in [6.07, 6.45) is 5.37. The highest BCUT2D eigenvalue weighted by atomic mass is 35.6. The number of halogens is 1. The molecule has 0 spiro atoms. The summed E-state index contributed by atoms with van der Waals surface area (Å²) in [6, 6.07) is 2.72. The normalized spacial score (nSPS) is 30.5. The molecule has 1 saturated heterocycles. The van der Waals surface area contributed by atoms with Gasteiger partial charge in [0, 0.05) is 13.7 Å². The van der Waals surface area contributed by atoms with Crippen molar-refractivity contribution in [1.82, 2.24) is 0 Å². The van der Waals surface area contributed by atoms with Crippen molar-refractivity contribution < 1.29 is 4.74 Å². The minimum Gasteiger partial charge on any atom is -0.385 e. The first-order chi connectivity index (χ1) is 5.83. The minimum absolute atomic E-state index is 0.733. The van der Waals surface area contributed by atoms with E-state index in [4.69, 9.17) is 15.8 Å². The van der Waals surface area contributed by atoms with Crippen LogP contribution < -0.4 is 0 Å². The zero-order valence-electron chi connectivity index (χ0n) is 7.89. The predicted octanol–water partition coefficient (Wildman–Crippen LogP) is 2.79. The van der Waals surface area contributed by atoms with E-state index in [-0.39, 0.29) is 0 Å². The summed E-state index contributed by atoms with van der Waals surface area (Å²) >= 11 is 6.16. The van der Waals surface area contributed by atoms with Gasteiger partial charge in [-0.05, 0) is 30.8 Å². The molecule has 1 fully saturated rings. The Bertz CT molecular complexity index is 113. The quantitative estimate of drug-likeness (QED) is 0.391. The molecule has 1 aliphatic rings. The van der Waals surface area contributed by atoms with Crippen LogP contribution in [0.15, 0.2) is 0 Å². The Morgan fingerprint density at radius 3 is 2.67 bits per heavy atom. The SMILES string of the molecule is COCCCC1CC[SiH](Cl)CC1. The number of methoxy groups -OCH3 is 1. The van der Waals surface area contributed by atoms with Crippen LogP contribution in [0.1, 0.15) is 25.7 Å². The largest absolute Gasteiger partial charge is 0.385 e. The summed E-state index contributed by atoms with van der Waals surface area (Å²) in [4.78, 5) is 0. The highest BCUT2D eigenvalue weighted by Gasteiger charge is 2.19. The van der Waals surface area contributed by atoms with Gasteiger partial charge in [-0.2, -0.15) is 11.1 Å². The van der Waals surface area contributed by atoms with Gasteiger partial charge in [0.2, 0.25) is 0 Å². The van der Waals surface area contributed by atoms with Gasteiger partial charge in [0.15, 0.2) is 0 Å². The van der Waals surface area contributed by atoms with Crippen LogP contribution in [0.5, 0.6) is 0 Å². The molecule has 72 valence electrons. The first kappa shape index (κ1) is 10.5. The summed E-state index contributed by atoms with van der Waals surface area (Å²) in [7, 11) is 1.05. The van der Waals surface area contributed by atoms with Crippen LogP contribution in [-0.2, 0) is 4.74 Å². The van der Waals surface area contributed by atoms with Crippen molar-refractivity contribution in [3.8, 4) is 0 Å². The van der Waals surface area contributed by atoms with Crippen LogP contribution in [0.4, 0.5) is 0 Å². The summed E-state index contributed by atoms with van der Waals surface area (Å²) < 4.78 is 5.04. The summed E-state index contributed by atoms with van der Waals surface area (Å²) in [5, 5.41) is 0. The van der Waals surface area contributed by atoms with E-state index in [1.54, 1.807) is 7.11 Å². The monoisotopic (exact) mass is 206 g/mol. The Hall–Kier alpha value is 0.467. The summed E-state index contributed by atoms with van der Waals surface area (Å²) in [5.74, 6) is 0.961. The van der Waals surface area contributed by atoms with E-state index in [0.29, 0.717) is 0 Å². The highest BCUT2D eigenvalue weighted by molar-refractivity contribution is 7.07. The number of hydrogen-bond donors (Lipinski definition) is 0. The van der Waals surface area contributed by atoms with E-state index in [9.17, 15) is 0 Å². The maximum Gasteiger partial charge on any atom is 0.141 e. The first-order valence-corrected chi connectivity index (χ1v) is 8.34. The molecule has 12 heavy (non-hydrogen) atoms. The van der Waals surface area contributed by atoms with Crippen molar-refractivity contribution in [2.24, 2.45) is 5.92 Å². The molecule has 0 amide bonds. The lowest BCUT2D eigenvalue weighted by Crippen LogP contribution is -2.16. The molecule has 0 aliphatic carbocycles. The van der Waals surface area contributed by atoms with E-state index >= 15 is 0 Å². The third-order valence-corrected chi connectivity index (χ3v) is 5.97. The molecule has 0 unspecified atom stereocenters. The molecule has 0 N–H and O–H groups in total. The predicted molar refractivity (Wildman–Crippen MR) is 56.5 cm³/mol. The maximum atomic E-state index is 6.16. The second kappa shape index (κ2) is 6.00. The Labute approximate surface area is 81.8 Å².